The van der Waals surface area contributed by atoms with Crippen LogP contribution in [0.25, 0.3) is 5.65 Å². The van der Waals surface area contributed by atoms with Crippen molar-refractivity contribution in [3.8, 4) is 11.6 Å². The van der Waals surface area contributed by atoms with E-state index >= 15 is 0 Å². The number of nitrogens with one attached hydrogen (secondary N) is 2. The van der Waals surface area contributed by atoms with Gasteiger partial charge in [0, 0.05) is 29.2 Å². The molecule has 2 amide bonds. The molecule has 11 heteroatoms. The van der Waals surface area contributed by atoms with Crippen LogP contribution in [0.3, 0.4) is 0 Å². The predicted octanol–water partition coefficient (Wildman–Crippen LogP) is 4.86. The molecular formula is C26H22ClFN6O3. The largest absolute Gasteiger partial charge is 0.436 e. The quantitative estimate of drug-likeness (QED) is 0.319. The van der Waals surface area contributed by atoms with Crippen molar-refractivity contribution < 1.29 is 18.7 Å². The van der Waals surface area contributed by atoms with E-state index in [9.17, 15) is 14.0 Å². The van der Waals surface area contributed by atoms with Gasteiger partial charge in [-0.2, -0.15) is 0 Å². The molecule has 37 heavy (non-hydrogen) atoms. The SMILES string of the molecule is NC1(c2cccc(C(=O)Nc3cc(Oc4ccc5nc(NC(=O)C6CC6)cn5n4)c(Cl)cc3F)c2)CC1. The van der Waals surface area contributed by atoms with Gasteiger partial charge >= 0.3 is 0 Å². The summed E-state index contributed by atoms with van der Waals surface area (Å²) in [6.45, 7) is 0. The van der Waals surface area contributed by atoms with Crippen LogP contribution in [0, 0.1) is 11.7 Å². The lowest BCUT2D eigenvalue weighted by molar-refractivity contribution is -0.117. The van der Waals surface area contributed by atoms with Crippen molar-refractivity contribution in [2.75, 3.05) is 10.6 Å². The Bertz CT molecular complexity index is 1560. The Morgan fingerprint density at radius 2 is 1.95 bits per heavy atom. The second-order valence-electron chi connectivity index (χ2n) is 9.42. The second kappa shape index (κ2) is 8.82. The lowest BCUT2D eigenvalue weighted by Gasteiger charge is -2.13. The lowest BCUT2D eigenvalue weighted by atomic mass is 10.0. The van der Waals surface area contributed by atoms with Gasteiger partial charge in [-0.3, -0.25) is 9.59 Å². The summed E-state index contributed by atoms with van der Waals surface area (Å²) < 4.78 is 21.9. The highest BCUT2D eigenvalue weighted by atomic mass is 35.5. The summed E-state index contributed by atoms with van der Waals surface area (Å²) in [4.78, 5) is 29.2. The number of imidazole rings is 1. The fraction of sp³-hybridized carbons (Fsp3) is 0.231. The number of ether oxygens (including phenoxy) is 1. The zero-order chi connectivity index (χ0) is 25.7. The standard InChI is InChI=1S/C26H22ClFN6O3/c27-17-11-18(28)19(30-25(36)15-2-1-3-16(10-15)26(29)8-9-26)12-20(17)37-23-7-6-22-31-21(13-34(22)33-23)32-24(35)14-4-5-14/h1-3,6-7,10-14H,4-5,8-9,29H2,(H,30,36)(H,32,35). The number of amides is 2. The van der Waals surface area contributed by atoms with Crippen LogP contribution < -0.4 is 21.1 Å². The molecule has 2 aliphatic carbocycles. The van der Waals surface area contributed by atoms with Gasteiger partial charge < -0.3 is 21.1 Å². The first-order valence-corrected chi connectivity index (χ1v) is 12.2. The molecule has 2 heterocycles. The minimum atomic E-state index is -0.714. The third-order valence-corrected chi connectivity index (χ3v) is 6.76. The zero-order valence-corrected chi connectivity index (χ0v) is 20.3. The van der Waals surface area contributed by atoms with Gasteiger partial charge in [0.25, 0.3) is 5.91 Å². The maximum absolute atomic E-state index is 14.7. The number of benzene rings is 2. The van der Waals surface area contributed by atoms with Crippen LogP contribution >= 0.6 is 11.6 Å². The van der Waals surface area contributed by atoms with E-state index in [0.717, 1.165) is 37.3 Å². The van der Waals surface area contributed by atoms with Gasteiger partial charge in [-0.15, -0.1) is 5.10 Å². The first-order valence-electron chi connectivity index (χ1n) is 11.8. The normalized spacial score (nSPS) is 15.9. The summed E-state index contributed by atoms with van der Waals surface area (Å²) in [6.07, 6.45) is 5.07. The molecular weight excluding hydrogens is 499 g/mol. The zero-order valence-electron chi connectivity index (χ0n) is 19.5. The molecule has 4 aromatic rings. The van der Waals surface area contributed by atoms with Crippen LogP contribution in [0.1, 0.15) is 41.6 Å². The van der Waals surface area contributed by atoms with Gasteiger partial charge in [-0.05, 0) is 55.5 Å². The predicted molar refractivity (Wildman–Crippen MR) is 135 cm³/mol. The first kappa shape index (κ1) is 23.4. The van der Waals surface area contributed by atoms with Gasteiger partial charge in [0.05, 0.1) is 16.9 Å². The van der Waals surface area contributed by atoms with E-state index in [4.69, 9.17) is 22.1 Å². The molecule has 0 unspecified atom stereocenters. The van der Waals surface area contributed by atoms with Crippen molar-refractivity contribution in [3.63, 3.8) is 0 Å². The van der Waals surface area contributed by atoms with Crippen LogP contribution in [0.5, 0.6) is 11.6 Å². The average molecular weight is 521 g/mol. The third-order valence-electron chi connectivity index (χ3n) is 6.47. The molecule has 2 fully saturated rings. The molecule has 9 nitrogen and oxygen atoms in total. The Labute approximate surface area is 215 Å². The minimum Gasteiger partial charge on any atom is -0.436 e. The summed E-state index contributed by atoms with van der Waals surface area (Å²) in [5.74, 6) is -0.579. The number of halogens is 2. The molecule has 2 aromatic heterocycles. The molecule has 6 rings (SSSR count). The summed E-state index contributed by atoms with van der Waals surface area (Å²) in [5, 5.41) is 9.67. The number of carbonyl (C=O) groups is 2. The molecule has 2 aliphatic rings. The number of nitrogens with zero attached hydrogens (tertiary/aromatic N) is 3. The van der Waals surface area contributed by atoms with Crippen molar-refractivity contribution in [1.29, 1.82) is 0 Å². The van der Waals surface area contributed by atoms with Crippen molar-refractivity contribution >= 4 is 40.6 Å². The molecule has 0 saturated heterocycles. The van der Waals surface area contributed by atoms with E-state index < -0.39 is 17.3 Å². The Morgan fingerprint density at radius 1 is 1.14 bits per heavy atom. The van der Waals surface area contributed by atoms with Gasteiger partial charge in [0.1, 0.15) is 11.6 Å². The fourth-order valence-corrected chi connectivity index (χ4v) is 4.15. The molecule has 4 N–H and O–H groups in total. The molecule has 0 atom stereocenters. The fourth-order valence-electron chi connectivity index (χ4n) is 3.96. The number of hydrogen-bond donors (Lipinski definition) is 3. The number of nitrogens with two attached hydrogens (primary N) is 1. The number of hydrogen-bond acceptors (Lipinski definition) is 6. The Hall–Kier alpha value is -4.02. The summed E-state index contributed by atoms with van der Waals surface area (Å²) in [5.41, 5.74) is 7.49. The van der Waals surface area contributed by atoms with Crippen LogP contribution in [0.15, 0.2) is 54.7 Å². The van der Waals surface area contributed by atoms with Crippen LogP contribution in [0.4, 0.5) is 15.9 Å². The Balaban J connectivity index is 1.20. The van der Waals surface area contributed by atoms with E-state index in [1.165, 1.54) is 10.6 Å². The molecule has 0 aliphatic heterocycles. The Kier molecular flexibility index (Phi) is 5.58. The lowest BCUT2D eigenvalue weighted by Crippen LogP contribution is -2.20. The van der Waals surface area contributed by atoms with E-state index in [1.54, 1.807) is 36.5 Å². The first-order chi connectivity index (χ1) is 17.8. The van der Waals surface area contributed by atoms with Crippen LogP contribution in [0.2, 0.25) is 5.02 Å². The molecule has 0 bridgehead atoms. The average Bonchev–Trinajstić information content (AvgIpc) is 3.81. The molecule has 0 radical (unpaired) electrons. The number of rotatable bonds is 7. The summed E-state index contributed by atoms with van der Waals surface area (Å²) >= 11 is 6.21. The molecule has 188 valence electrons. The van der Waals surface area contributed by atoms with E-state index in [-0.39, 0.29) is 34.2 Å². The van der Waals surface area contributed by atoms with Gasteiger partial charge in [-0.1, -0.05) is 23.7 Å². The van der Waals surface area contributed by atoms with E-state index in [0.29, 0.717) is 17.0 Å². The number of anilines is 2. The van der Waals surface area contributed by atoms with Gasteiger partial charge in [0.2, 0.25) is 11.8 Å². The second-order valence-corrected chi connectivity index (χ2v) is 9.83. The van der Waals surface area contributed by atoms with E-state index in [2.05, 4.69) is 20.7 Å². The van der Waals surface area contributed by atoms with Crippen LogP contribution in [-0.2, 0) is 10.3 Å². The molecule has 0 spiro atoms. The van der Waals surface area contributed by atoms with E-state index in [1.807, 2.05) is 6.07 Å². The monoisotopic (exact) mass is 520 g/mol. The number of aromatic nitrogens is 3. The highest BCUT2D eigenvalue weighted by molar-refractivity contribution is 6.32. The van der Waals surface area contributed by atoms with Gasteiger partial charge in [-0.25, -0.2) is 13.9 Å². The number of carbonyl (C=O) groups excluding carboxylic acids is 2. The highest BCUT2D eigenvalue weighted by Gasteiger charge is 2.40. The summed E-state index contributed by atoms with van der Waals surface area (Å²) in [6, 6.07) is 12.6. The minimum absolute atomic E-state index is 0.00113. The third kappa shape index (κ3) is 4.85. The van der Waals surface area contributed by atoms with Crippen LogP contribution in [-0.4, -0.2) is 26.4 Å². The maximum atomic E-state index is 14.7. The number of fused-ring (bicyclic) bond motifs is 1. The summed E-state index contributed by atoms with van der Waals surface area (Å²) in [7, 11) is 0. The van der Waals surface area contributed by atoms with Crippen molar-refractivity contribution in [3.05, 3.63) is 76.7 Å². The molecule has 2 saturated carbocycles. The smallest absolute Gasteiger partial charge is 0.255 e. The topological polar surface area (TPSA) is 124 Å². The van der Waals surface area contributed by atoms with Crippen molar-refractivity contribution in [2.24, 2.45) is 11.7 Å². The molecule has 2 aromatic carbocycles. The van der Waals surface area contributed by atoms with Gasteiger partial charge in [0.15, 0.2) is 11.5 Å². The van der Waals surface area contributed by atoms with Crippen molar-refractivity contribution in [1.82, 2.24) is 14.6 Å². The maximum Gasteiger partial charge on any atom is 0.255 e. The highest BCUT2D eigenvalue weighted by Crippen LogP contribution is 2.42. The Morgan fingerprint density at radius 3 is 2.70 bits per heavy atom. The van der Waals surface area contributed by atoms with Crippen molar-refractivity contribution in [2.45, 2.75) is 31.2 Å².